The summed E-state index contributed by atoms with van der Waals surface area (Å²) in [6.45, 7) is 3.55. The lowest BCUT2D eigenvalue weighted by Crippen LogP contribution is -2.33. The smallest absolute Gasteiger partial charge is 0.255 e. The fourth-order valence-corrected chi connectivity index (χ4v) is 3.17. The van der Waals surface area contributed by atoms with E-state index < -0.39 is 0 Å². The molecule has 0 saturated carbocycles. The Morgan fingerprint density at radius 3 is 2.84 bits per heavy atom. The standard InChI is InChI=1S/C20H24N2O3/c1-25-17-7-8-19(23)18(13-17)20(24)21-10-4-11-22-12-9-15-5-2-3-6-16(15)14-22/h2-3,5-8,13,23H,4,9-12,14H2,1H3,(H,21,24). The van der Waals surface area contributed by atoms with E-state index in [0.29, 0.717) is 12.3 Å². The number of nitrogens with zero attached hydrogens (tertiary/aromatic N) is 1. The van der Waals surface area contributed by atoms with E-state index in [9.17, 15) is 9.90 Å². The van der Waals surface area contributed by atoms with Gasteiger partial charge in [-0.2, -0.15) is 0 Å². The molecule has 2 N–H and O–H groups in total. The number of nitrogens with one attached hydrogen (secondary N) is 1. The van der Waals surface area contributed by atoms with E-state index in [1.54, 1.807) is 12.1 Å². The Hall–Kier alpha value is -2.53. The first kappa shape index (κ1) is 17.3. The average molecular weight is 340 g/mol. The van der Waals surface area contributed by atoms with Gasteiger partial charge >= 0.3 is 0 Å². The lowest BCUT2D eigenvalue weighted by molar-refractivity contribution is 0.0948. The van der Waals surface area contributed by atoms with Crippen LogP contribution in [0.3, 0.4) is 0 Å². The van der Waals surface area contributed by atoms with Gasteiger partial charge in [-0.05, 0) is 42.2 Å². The summed E-state index contributed by atoms with van der Waals surface area (Å²) >= 11 is 0. The van der Waals surface area contributed by atoms with Gasteiger partial charge in [-0.15, -0.1) is 0 Å². The molecule has 1 amide bonds. The van der Waals surface area contributed by atoms with Crippen molar-refractivity contribution in [1.82, 2.24) is 10.2 Å². The highest BCUT2D eigenvalue weighted by Gasteiger charge is 2.16. The quantitative estimate of drug-likeness (QED) is 0.794. The van der Waals surface area contributed by atoms with E-state index in [-0.39, 0.29) is 17.2 Å². The molecular weight excluding hydrogens is 316 g/mol. The van der Waals surface area contributed by atoms with Crippen molar-refractivity contribution in [2.75, 3.05) is 26.7 Å². The monoisotopic (exact) mass is 340 g/mol. The van der Waals surface area contributed by atoms with Gasteiger partial charge in [0.25, 0.3) is 5.91 Å². The Balaban J connectivity index is 1.45. The number of amides is 1. The molecule has 0 spiro atoms. The van der Waals surface area contributed by atoms with E-state index in [1.165, 1.54) is 24.3 Å². The van der Waals surface area contributed by atoms with Gasteiger partial charge in [-0.25, -0.2) is 0 Å². The van der Waals surface area contributed by atoms with Gasteiger partial charge in [-0.1, -0.05) is 24.3 Å². The summed E-state index contributed by atoms with van der Waals surface area (Å²) in [5.41, 5.74) is 3.09. The minimum Gasteiger partial charge on any atom is -0.507 e. The van der Waals surface area contributed by atoms with E-state index in [0.717, 1.165) is 32.5 Å². The van der Waals surface area contributed by atoms with Crippen LogP contribution in [0.15, 0.2) is 42.5 Å². The predicted octanol–water partition coefficient (Wildman–Crippen LogP) is 2.58. The van der Waals surface area contributed by atoms with Gasteiger partial charge < -0.3 is 15.2 Å². The summed E-state index contributed by atoms with van der Waals surface area (Å²) in [5, 5.41) is 12.7. The van der Waals surface area contributed by atoms with Crippen LogP contribution in [-0.2, 0) is 13.0 Å². The number of aromatic hydroxyl groups is 1. The SMILES string of the molecule is COc1ccc(O)c(C(=O)NCCCN2CCc3ccccc3C2)c1. The molecule has 0 fully saturated rings. The third-order valence-corrected chi connectivity index (χ3v) is 4.59. The Labute approximate surface area is 148 Å². The highest BCUT2D eigenvalue weighted by molar-refractivity contribution is 5.97. The number of phenolic OH excluding ortho intramolecular Hbond substituents is 1. The molecule has 5 nitrogen and oxygen atoms in total. The Morgan fingerprint density at radius 2 is 2.04 bits per heavy atom. The molecule has 2 aromatic rings. The molecule has 25 heavy (non-hydrogen) atoms. The summed E-state index contributed by atoms with van der Waals surface area (Å²) in [5.74, 6) is 0.237. The number of carbonyl (C=O) groups excluding carboxylic acids is 1. The highest BCUT2D eigenvalue weighted by Crippen LogP contribution is 2.22. The number of hydrogen-bond acceptors (Lipinski definition) is 4. The van der Waals surface area contributed by atoms with Crippen LogP contribution in [0.5, 0.6) is 11.5 Å². The molecule has 5 heteroatoms. The molecule has 0 saturated heterocycles. The van der Waals surface area contributed by atoms with Crippen LogP contribution in [0, 0.1) is 0 Å². The maximum Gasteiger partial charge on any atom is 0.255 e. The fourth-order valence-electron chi connectivity index (χ4n) is 3.17. The topological polar surface area (TPSA) is 61.8 Å². The molecule has 0 aromatic heterocycles. The number of ether oxygens (including phenoxy) is 1. The molecule has 2 aromatic carbocycles. The van der Waals surface area contributed by atoms with Crippen LogP contribution < -0.4 is 10.1 Å². The first-order chi connectivity index (χ1) is 12.2. The van der Waals surface area contributed by atoms with Crippen LogP contribution in [0.2, 0.25) is 0 Å². The van der Waals surface area contributed by atoms with E-state index in [4.69, 9.17) is 4.74 Å². The number of benzene rings is 2. The van der Waals surface area contributed by atoms with Crippen molar-refractivity contribution in [3.8, 4) is 11.5 Å². The van der Waals surface area contributed by atoms with Gasteiger partial charge in [0.05, 0.1) is 12.7 Å². The second kappa shape index (κ2) is 8.03. The minimum atomic E-state index is -0.277. The van der Waals surface area contributed by atoms with Crippen LogP contribution in [0.25, 0.3) is 0 Å². The van der Waals surface area contributed by atoms with Crippen LogP contribution in [-0.4, -0.2) is 42.7 Å². The van der Waals surface area contributed by atoms with Crippen molar-refractivity contribution in [3.05, 3.63) is 59.2 Å². The Morgan fingerprint density at radius 1 is 1.24 bits per heavy atom. The van der Waals surface area contributed by atoms with Gasteiger partial charge in [0.1, 0.15) is 11.5 Å². The van der Waals surface area contributed by atoms with Crippen molar-refractivity contribution in [1.29, 1.82) is 0 Å². The maximum atomic E-state index is 12.2. The zero-order valence-corrected chi connectivity index (χ0v) is 14.5. The molecule has 132 valence electrons. The van der Waals surface area contributed by atoms with Crippen LogP contribution in [0.4, 0.5) is 0 Å². The minimum absolute atomic E-state index is 0.0362. The van der Waals surface area contributed by atoms with Crippen LogP contribution >= 0.6 is 0 Å². The van der Waals surface area contributed by atoms with E-state index in [2.05, 4.69) is 34.5 Å². The first-order valence-corrected chi connectivity index (χ1v) is 8.61. The summed E-state index contributed by atoms with van der Waals surface area (Å²) < 4.78 is 5.10. The molecule has 1 aliphatic heterocycles. The van der Waals surface area contributed by atoms with E-state index in [1.807, 2.05) is 0 Å². The summed E-state index contributed by atoms with van der Waals surface area (Å²) in [7, 11) is 1.53. The largest absolute Gasteiger partial charge is 0.507 e. The highest BCUT2D eigenvalue weighted by atomic mass is 16.5. The molecule has 3 rings (SSSR count). The summed E-state index contributed by atoms with van der Waals surface area (Å²) in [4.78, 5) is 14.6. The normalized spacial score (nSPS) is 14.0. The molecule has 0 unspecified atom stereocenters. The lowest BCUT2D eigenvalue weighted by atomic mass is 10.00. The average Bonchev–Trinajstić information content (AvgIpc) is 2.65. The maximum absolute atomic E-state index is 12.2. The number of rotatable bonds is 6. The first-order valence-electron chi connectivity index (χ1n) is 8.61. The van der Waals surface area contributed by atoms with Crippen molar-refractivity contribution >= 4 is 5.91 Å². The third kappa shape index (κ3) is 4.31. The lowest BCUT2D eigenvalue weighted by Gasteiger charge is -2.28. The van der Waals surface area contributed by atoms with Crippen LogP contribution in [0.1, 0.15) is 27.9 Å². The predicted molar refractivity (Wildman–Crippen MR) is 97.0 cm³/mol. The molecule has 0 radical (unpaired) electrons. The Kier molecular flexibility index (Phi) is 5.56. The molecular formula is C20H24N2O3. The van der Waals surface area contributed by atoms with Crippen molar-refractivity contribution in [2.45, 2.75) is 19.4 Å². The second-order valence-corrected chi connectivity index (χ2v) is 6.29. The number of fused-ring (bicyclic) bond motifs is 1. The summed E-state index contributed by atoms with van der Waals surface area (Å²) in [6, 6.07) is 13.2. The van der Waals surface area contributed by atoms with Gasteiger partial charge in [0, 0.05) is 26.2 Å². The summed E-state index contributed by atoms with van der Waals surface area (Å²) in [6.07, 6.45) is 1.96. The van der Waals surface area contributed by atoms with Crippen molar-refractivity contribution < 1.29 is 14.6 Å². The molecule has 1 heterocycles. The van der Waals surface area contributed by atoms with Gasteiger partial charge in [0.2, 0.25) is 0 Å². The molecule has 0 bridgehead atoms. The zero-order chi connectivity index (χ0) is 17.6. The molecule has 1 aliphatic rings. The number of methoxy groups -OCH3 is 1. The zero-order valence-electron chi connectivity index (χ0n) is 14.5. The third-order valence-electron chi connectivity index (χ3n) is 4.59. The van der Waals surface area contributed by atoms with Gasteiger partial charge in [-0.3, -0.25) is 9.69 Å². The molecule has 0 aliphatic carbocycles. The van der Waals surface area contributed by atoms with Crippen molar-refractivity contribution in [3.63, 3.8) is 0 Å². The van der Waals surface area contributed by atoms with Crippen molar-refractivity contribution in [2.24, 2.45) is 0 Å². The fraction of sp³-hybridized carbons (Fsp3) is 0.350. The van der Waals surface area contributed by atoms with E-state index >= 15 is 0 Å². The molecule has 0 atom stereocenters. The number of hydrogen-bond donors (Lipinski definition) is 2. The second-order valence-electron chi connectivity index (χ2n) is 6.29. The number of carbonyl (C=O) groups is 1. The number of phenols is 1. The Bertz CT molecular complexity index is 745. The van der Waals surface area contributed by atoms with Gasteiger partial charge in [0.15, 0.2) is 0 Å².